The molecule has 1 aromatic carbocycles. The maximum atomic E-state index is 13.2. The number of hydrogen-bond donors (Lipinski definition) is 0. The van der Waals surface area contributed by atoms with E-state index in [1.807, 2.05) is 17.0 Å². The first-order valence-corrected chi connectivity index (χ1v) is 12.0. The third kappa shape index (κ3) is 6.73. The first kappa shape index (κ1) is 25.0. The minimum Gasteiger partial charge on any atom is -0.376 e. The number of amides is 2. The summed E-state index contributed by atoms with van der Waals surface area (Å²) in [4.78, 5) is 31.1. The van der Waals surface area contributed by atoms with E-state index in [1.54, 1.807) is 17.0 Å². The van der Waals surface area contributed by atoms with Crippen LogP contribution in [0.4, 0.5) is 10.2 Å². The van der Waals surface area contributed by atoms with Crippen molar-refractivity contribution >= 4 is 17.6 Å². The maximum absolute atomic E-state index is 13.2. The number of halogens is 1. The molecule has 188 valence electrons. The van der Waals surface area contributed by atoms with Gasteiger partial charge in [0.25, 0.3) is 0 Å². The molecular weight excluding hydrogens is 453 g/mol. The number of methoxy groups -OCH3 is 1. The number of hydrogen-bond acceptors (Lipinski definition) is 7. The first-order chi connectivity index (χ1) is 17.0. The lowest BCUT2D eigenvalue weighted by Crippen LogP contribution is -2.47. The third-order valence-electron chi connectivity index (χ3n) is 6.36. The van der Waals surface area contributed by atoms with Gasteiger partial charge >= 0.3 is 0 Å². The summed E-state index contributed by atoms with van der Waals surface area (Å²) in [6.07, 6.45) is 2.62. The number of benzene rings is 1. The van der Waals surface area contributed by atoms with Crippen molar-refractivity contribution < 1.29 is 23.5 Å². The predicted octanol–water partition coefficient (Wildman–Crippen LogP) is 1.98. The van der Waals surface area contributed by atoms with E-state index in [0.717, 1.165) is 37.2 Å². The Kier molecular flexibility index (Phi) is 8.59. The molecule has 3 heterocycles. The van der Waals surface area contributed by atoms with Crippen molar-refractivity contribution in [2.45, 2.75) is 25.4 Å². The van der Waals surface area contributed by atoms with Gasteiger partial charge in [0.05, 0.1) is 18.3 Å². The van der Waals surface area contributed by atoms with Gasteiger partial charge in [0.15, 0.2) is 5.82 Å². The Morgan fingerprint density at radius 2 is 1.91 bits per heavy atom. The molecule has 9 nitrogen and oxygen atoms in total. The molecular formula is C25H32FN5O4. The number of rotatable bonds is 8. The van der Waals surface area contributed by atoms with Gasteiger partial charge in [-0.2, -0.15) is 0 Å². The van der Waals surface area contributed by atoms with Gasteiger partial charge in [-0.15, -0.1) is 10.2 Å². The lowest BCUT2D eigenvalue weighted by molar-refractivity contribution is -0.144. The fourth-order valence-corrected chi connectivity index (χ4v) is 4.43. The Balaban J connectivity index is 1.34. The van der Waals surface area contributed by atoms with Crippen LogP contribution in [0.25, 0.3) is 11.3 Å². The lowest BCUT2D eigenvalue weighted by atomic mass is 10.1. The van der Waals surface area contributed by atoms with Crippen LogP contribution in [0.15, 0.2) is 36.4 Å². The Hall–Kier alpha value is -3.11. The second kappa shape index (κ2) is 12.0. The van der Waals surface area contributed by atoms with Gasteiger partial charge in [-0.3, -0.25) is 9.59 Å². The first-order valence-electron chi connectivity index (χ1n) is 12.0. The van der Waals surface area contributed by atoms with Crippen LogP contribution in [0, 0.1) is 5.82 Å². The van der Waals surface area contributed by atoms with Crippen molar-refractivity contribution in [1.82, 2.24) is 20.0 Å². The molecule has 2 fully saturated rings. The zero-order valence-corrected chi connectivity index (χ0v) is 20.1. The molecule has 1 unspecified atom stereocenters. The molecule has 0 N–H and O–H groups in total. The fourth-order valence-electron chi connectivity index (χ4n) is 4.43. The zero-order valence-electron chi connectivity index (χ0n) is 20.1. The van der Waals surface area contributed by atoms with E-state index in [0.29, 0.717) is 38.5 Å². The van der Waals surface area contributed by atoms with Crippen LogP contribution in [-0.4, -0.2) is 97.5 Å². The summed E-state index contributed by atoms with van der Waals surface area (Å²) in [5.41, 5.74) is 1.47. The summed E-state index contributed by atoms with van der Waals surface area (Å²) in [6, 6.07) is 9.91. The third-order valence-corrected chi connectivity index (χ3v) is 6.36. The molecule has 2 amide bonds. The summed E-state index contributed by atoms with van der Waals surface area (Å²) < 4.78 is 23.8. The summed E-state index contributed by atoms with van der Waals surface area (Å²) in [7, 11) is 1.47. The number of carbonyl (C=O) groups is 2. The highest BCUT2D eigenvalue weighted by Crippen LogP contribution is 2.20. The van der Waals surface area contributed by atoms with Crippen LogP contribution in [-0.2, 0) is 19.1 Å². The van der Waals surface area contributed by atoms with Gasteiger partial charge < -0.3 is 24.2 Å². The normalized spacial score (nSPS) is 18.4. The van der Waals surface area contributed by atoms with Gasteiger partial charge in [0.2, 0.25) is 11.8 Å². The van der Waals surface area contributed by atoms with Crippen molar-refractivity contribution in [3.05, 3.63) is 42.2 Å². The Bertz CT molecular complexity index is 982. The van der Waals surface area contributed by atoms with Crippen LogP contribution in [0.5, 0.6) is 0 Å². The van der Waals surface area contributed by atoms with E-state index in [-0.39, 0.29) is 36.9 Å². The van der Waals surface area contributed by atoms with Crippen LogP contribution in [0.2, 0.25) is 0 Å². The van der Waals surface area contributed by atoms with Crippen molar-refractivity contribution in [3.63, 3.8) is 0 Å². The molecule has 4 rings (SSSR count). The van der Waals surface area contributed by atoms with Crippen LogP contribution in [0.3, 0.4) is 0 Å². The van der Waals surface area contributed by atoms with Crippen LogP contribution >= 0.6 is 0 Å². The second-order valence-corrected chi connectivity index (χ2v) is 8.85. The molecule has 2 aliphatic heterocycles. The molecule has 0 radical (unpaired) electrons. The highest BCUT2D eigenvalue weighted by atomic mass is 19.1. The lowest BCUT2D eigenvalue weighted by Gasteiger charge is -2.28. The van der Waals surface area contributed by atoms with E-state index in [2.05, 4.69) is 15.1 Å². The predicted molar refractivity (Wildman–Crippen MR) is 128 cm³/mol. The summed E-state index contributed by atoms with van der Waals surface area (Å²) in [5.74, 6) is 0.164. The van der Waals surface area contributed by atoms with E-state index < -0.39 is 0 Å². The highest BCUT2D eigenvalue weighted by Gasteiger charge is 2.27. The van der Waals surface area contributed by atoms with E-state index in [1.165, 1.54) is 19.2 Å². The second-order valence-electron chi connectivity index (χ2n) is 8.85. The monoisotopic (exact) mass is 485 g/mol. The zero-order chi connectivity index (χ0) is 24.6. The average molecular weight is 486 g/mol. The van der Waals surface area contributed by atoms with Crippen molar-refractivity contribution in [2.75, 3.05) is 64.5 Å². The molecule has 2 aromatic rings. The molecule has 0 bridgehead atoms. The van der Waals surface area contributed by atoms with Crippen molar-refractivity contribution in [3.8, 4) is 11.3 Å². The molecule has 2 saturated heterocycles. The molecule has 2 aliphatic rings. The summed E-state index contributed by atoms with van der Waals surface area (Å²) in [5, 5.41) is 8.66. The Morgan fingerprint density at radius 3 is 2.60 bits per heavy atom. The van der Waals surface area contributed by atoms with E-state index in [4.69, 9.17) is 9.47 Å². The minimum absolute atomic E-state index is 0.0220. The fraction of sp³-hybridized carbons (Fsp3) is 0.520. The van der Waals surface area contributed by atoms with Gasteiger partial charge in [0, 0.05) is 52.0 Å². The quantitative estimate of drug-likeness (QED) is 0.565. The largest absolute Gasteiger partial charge is 0.376 e. The SMILES string of the molecule is COCC(=O)N(CC(=O)N1CCCN(c2ccc(-c3ccc(F)cc3)nn2)CC1)CC1CCCO1. The summed E-state index contributed by atoms with van der Waals surface area (Å²) in [6.45, 7) is 3.58. The molecule has 10 heteroatoms. The average Bonchev–Trinajstić information content (AvgIpc) is 3.25. The number of carbonyl (C=O) groups excluding carboxylic acids is 2. The molecule has 0 aliphatic carbocycles. The van der Waals surface area contributed by atoms with Crippen LogP contribution in [0.1, 0.15) is 19.3 Å². The number of nitrogens with zero attached hydrogens (tertiary/aromatic N) is 5. The number of aromatic nitrogens is 2. The van der Waals surface area contributed by atoms with Gasteiger partial charge in [0.1, 0.15) is 12.4 Å². The van der Waals surface area contributed by atoms with Crippen LogP contribution < -0.4 is 4.90 Å². The number of anilines is 1. The summed E-state index contributed by atoms with van der Waals surface area (Å²) >= 11 is 0. The van der Waals surface area contributed by atoms with Gasteiger partial charge in [-0.1, -0.05) is 0 Å². The smallest absolute Gasteiger partial charge is 0.249 e. The molecule has 0 spiro atoms. The van der Waals surface area contributed by atoms with Gasteiger partial charge in [-0.05, 0) is 55.7 Å². The maximum Gasteiger partial charge on any atom is 0.249 e. The molecule has 35 heavy (non-hydrogen) atoms. The van der Waals surface area contributed by atoms with Gasteiger partial charge in [-0.25, -0.2) is 4.39 Å². The Labute approximate surface area is 204 Å². The van der Waals surface area contributed by atoms with E-state index in [9.17, 15) is 14.0 Å². The Morgan fingerprint density at radius 1 is 1.09 bits per heavy atom. The van der Waals surface area contributed by atoms with E-state index >= 15 is 0 Å². The topological polar surface area (TPSA) is 88.1 Å². The highest BCUT2D eigenvalue weighted by molar-refractivity contribution is 5.85. The molecule has 1 aromatic heterocycles. The van der Waals surface area contributed by atoms with Crippen molar-refractivity contribution in [1.29, 1.82) is 0 Å². The standard InChI is InChI=1S/C25H32FN5O4/c1-34-18-25(33)31(16-21-4-2-15-35-21)17-24(32)30-12-3-11-29(13-14-30)23-10-9-22(27-28-23)19-5-7-20(26)8-6-19/h5-10,21H,2-4,11-18H2,1H3. The van der Waals surface area contributed by atoms with Crippen molar-refractivity contribution in [2.24, 2.45) is 0 Å². The number of ether oxygens (including phenoxy) is 2. The molecule has 0 saturated carbocycles. The minimum atomic E-state index is -0.292. The molecule has 1 atom stereocenters.